The van der Waals surface area contributed by atoms with Gasteiger partial charge in [-0.1, -0.05) is 0 Å². The van der Waals surface area contributed by atoms with Crippen molar-refractivity contribution in [2.24, 2.45) is 0 Å². The van der Waals surface area contributed by atoms with Gasteiger partial charge in [0.1, 0.15) is 11.6 Å². The van der Waals surface area contributed by atoms with E-state index in [1.54, 1.807) is 0 Å². The molecule has 0 atom stereocenters. The lowest BCUT2D eigenvalue weighted by Gasteiger charge is -2.06. The predicted octanol–water partition coefficient (Wildman–Crippen LogP) is 2.28. The normalized spacial score (nSPS) is 11.4. The average Bonchev–Trinajstić information content (AvgIpc) is 2.01. The largest absolute Gasteiger partial charge is 0.507 e. The van der Waals surface area contributed by atoms with E-state index in [1.165, 1.54) is 0 Å². The van der Waals surface area contributed by atoms with Crippen LogP contribution in [-0.4, -0.2) is 17.1 Å². The number of carbonyl (C=O) groups is 1. The van der Waals surface area contributed by atoms with E-state index in [2.05, 4.69) is 0 Å². The highest BCUT2D eigenvalue weighted by molar-refractivity contribution is 6.02. The molecule has 0 unspecified atom stereocenters. The van der Waals surface area contributed by atoms with Gasteiger partial charge in [0.25, 0.3) is 5.78 Å². The summed E-state index contributed by atoms with van der Waals surface area (Å²) in [6.07, 6.45) is -5.07. The van der Waals surface area contributed by atoms with E-state index in [1.807, 2.05) is 0 Å². The number of carbonyl (C=O) groups excluding carboxylic acids is 1. The Morgan fingerprint density at radius 3 is 2.29 bits per heavy atom. The highest BCUT2D eigenvalue weighted by Gasteiger charge is 2.40. The van der Waals surface area contributed by atoms with Crippen LogP contribution in [0, 0.1) is 5.82 Å². The van der Waals surface area contributed by atoms with E-state index in [4.69, 9.17) is 5.11 Å². The van der Waals surface area contributed by atoms with Crippen LogP contribution in [0.1, 0.15) is 10.4 Å². The molecule has 1 N–H and O–H groups in total. The second-order valence-electron chi connectivity index (χ2n) is 2.49. The molecule has 0 aliphatic carbocycles. The molecule has 0 aliphatic heterocycles. The number of Topliss-reactive ketones (excluding diaryl/α,β-unsaturated/α-hetero) is 1. The molecule has 6 heteroatoms. The zero-order chi connectivity index (χ0) is 10.9. The minimum absolute atomic E-state index is 0.443. The Hall–Kier alpha value is -1.59. The first-order chi connectivity index (χ1) is 6.32. The fraction of sp³-hybridized carbons (Fsp3) is 0.125. The van der Waals surface area contributed by atoms with Crippen molar-refractivity contribution in [1.82, 2.24) is 0 Å². The van der Waals surface area contributed by atoms with E-state index in [-0.39, 0.29) is 0 Å². The van der Waals surface area contributed by atoms with Gasteiger partial charge in [-0.15, -0.1) is 0 Å². The van der Waals surface area contributed by atoms with Gasteiger partial charge in [0, 0.05) is 6.07 Å². The molecule has 0 bridgehead atoms. The van der Waals surface area contributed by atoms with Crippen LogP contribution in [0.2, 0.25) is 0 Å². The fourth-order valence-corrected chi connectivity index (χ4v) is 0.850. The van der Waals surface area contributed by atoms with E-state index in [9.17, 15) is 22.4 Å². The zero-order valence-corrected chi connectivity index (χ0v) is 6.60. The standard InChI is InChI=1S/C8H4F4O2/c9-4-1-2-5(6(13)3-4)7(14)8(10,11)12/h1-3,13H. The van der Waals surface area contributed by atoms with Gasteiger partial charge < -0.3 is 5.11 Å². The van der Waals surface area contributed by atoms with Crippen LogP contribution < -0.4 is 0 Å². The van der Waals surface area contributed by atoms with Crippen LogP contribution in [0.5, 0.6) is 5.75 Å². The SMILES string of the molecule is O=C(c1ccc(F)cc1O)C(F)(F)F. The van der Waals surface area contributed by atoms with Crippen molar-refractivity contribution >= 4 is 5.78 Å². The third-order valence-corrected chi connectivity index (χ3v) is 1.46. The average molecular weight is 208 g/mol. The van der Waals surface area contributed by atoms with Crippen molar-refractivity contribution in [3.63, 3.8) is 0 Å². The number of alkyl halides is 3. The molecule has 0 radical (unpaired) electrons. The summed E-state index contributed by atoms with van der Waals surface area (Å²) in [5.74, 6) is -4.14. The molecule has 0 spiro atoms. The summed E-state index contributed by atoms with van der Waals surface area (Å²) < 4.78 is 47.9. The fourth-order valence-electron chi connectivity index (χ4n) is 0.850. The van der Waals surface area contributed by atoms with Crippen LogP contribution in [0.3, 0.4) is 0 Å². The molecule has 0 fully saturated rings. The second kappa shape index (κ2) is 3.28. The third kappa shape index (κ3) is 2.01. The Labute approximate surface area is 75.8 Å². The maximum Gasteiger partial charge on any atom is 0.455 e. The summed E-state index contributed by atoms with van der Waals surface area (Å²) in [7, 11) is 0. The Kier molecular flexibility index (Phi) is 2.46. The molecule has 2 nitrogen and oxygen atoms in total. The van der Waals surface area contributed by atoms with Gasteiger partial charge >= 0.3 is 6.18 Å². The number of aromatic hydroxyl groups is 1. The molecule has 0 saturated carbocycles. The number of benzene rings is 1. The van der Waals surface area contributed by atoms with Gasteiger partial charge in [-0.25, -0.2) is 4.39 Å². The first-order valence-electron chi connectivity index (χ1n) is 3.42. The number of phenolic OH excluding ortho intramolecular Hbond substituents is 1. The number of phenols is 1. The molecular weight excluding hydrogens is 204 g/mol. The predicted molar refractivity (Wildman–Crippen MR) is 38.5 cm³/mol. The topological polar surface area (TPSA) is 37.3 Å². The van der Waals surface area contributed by atoms with Crippen LogP contribution in [0.25, 0.3) is 0 Å². The highest BCUT2D eigenvalue weighted by atomic mass is 19.4. The van der Waals surface area contributed by atoms with Gasteiger partial charge in [0.05, 0.1) is 5.56 Å². The lowest BCUT2D eigenvalue weighted by Crippen LogP contribution is -2.22. The van der Waals surface area contributed by atoms with Crippen LogP contribution in [0.15, 0.2) is 18.2 Å². The van der Waals surface area contributed by atoms with Crippen LogP contribution in [-0.2, 0) is 0 Å². The van der Waals surface area contributed by atoms with Gasteiger partial charge in [-0.05, 0) is 12.1 Å². The molecule has 0 saturated heterocycles. The molecular formula is C8H4F4O2. The smallest absolute Gasteiger partial charge is 0.455 e. The maximum atomic E-state index is 12.4. The minimum atomic E-state index is -5.07. The van der Waals surface area contributed by atoms with Gasteiger partial charge in [0.2, 0.25) is 0 Å². The van der Waals surface area contributed by atoms with E-state index in [0.29, 0.717) is 18.2 Å². The zero-order valence-electron chi connectivity index (χ0n) is 6.60. The van der Waals surface area contributed by atoms with E-state index < -0.39 is 29.1 Å². The van der Waals surface area contributed by atoms with Crippen molar-refractivity contribution in [1.29, 1.82) is 0 Å². The molecule has 1 aromatic rings. The molecule has 0 heterocycles. The number of rotatable bonds is 1. The van der Waals surface area contributed by atoms with E-state index >= 15 is 0 Å². The number of ketones is 1. The second-order valence-corrected chi connectivity index (χ2v) is 2.49. The number of halogens is 4. The third-order valence-electron chi connectivity index (χ3n) is 1.46. The van der Waals surface area contributed by atoms with Crippen LogP contribution >= 0.6 is 0 Å². The summed E-state index contributed by atoms with van der Waals surface area (Å²) in [6.45, 7) is 0. The van der Waals surface area contributed by atoms with Gasteiger partial charge in [-0.2, -0.15) is 13.2 Å². The Balaban J connectivity index is 3.15. The van der Waals surface area contributed by atoms with E-state index in [0.717, 1.165) is 0 Å². The van der Waals surface area contributed by atoms with Crippen molar-refractivity contribution in [3.8, 4) is 5.75 Å². The first-order valence-corrected chi connectivity index (χ1v) is 3.42. The molecule has 1 rings (SSSR count). The molecule has 1 aromatic carbocycles. The van der Waals surface area contributed by atoms with Crippen molar-refractivity contribution in [3.05, 3.63) is 29.6 Å². The molecule has 0 aliphatic rings. The Morgan fingerprint density at radius 2 is 1.86 bits per heavy atom. The Morgan fingerprint density at radius 1 is 1.29 bits per heavy atom. The molecule has 14 heavy (non-hydrogen) atoms. The summed E-state index contributed by atoms with van der Waals surface area (Å²) in [5, 5.41) is 8.86. The quantitative estimate of drug-likeness (QED) is 0.567. The highest BCUT2D eigenvalue weighted by Crippen LogP contribution is 2.27. The lowest BCUT2D eigenvalue weighted by molar-refractivity contribution is -0.0886. The van der Waals surface area contributed by atoms with Gasteiger partial charge in [-0.3, -0.25) is 4.79 Å². The molecule has 0 amide bonds. The summed E-state index contributed by atoms with van der Waals surface area (Å²) in [4.78, 5) is 10.6. The summed E-state index contributed by atoms with van der Waals surface area (Å²) >= 11 is 0. The maximum absolute atomic E-state index is 12.4. The minimum Gasteiger partial charge on any atom is -0.507 e. The van der Waals surface area contributed by atoms with Gasteiger partial charge in [0.15, 0.2) is 0 Å². The lowest BCUT2D eigenvalue weighted by atomic mass is 10.1. The molecule has 76 valence electrons. The number of hydrogen-bond donors (Lipinski definition) is 1. The monoisotopic (exact) mass is 208 g/mol. The summed E-state index contributed by atoms with van der Waals surface area (Å²) in [5.41, 5.74) is -0.959. The van der Waals surface area contributed by atoms with Crippen molar-refractivity contribution in [2.45, 2.75) is 6.18 Å². The van der Waals surface area contributed by atoms with Crippen LogP contribution in [0.4, 0.5) is 17.6 Å². The molecule has 0 aromatic heterocycles. The number of hydrogen-bond acceptors (Lipinski definition) is 2. The van der Waals surface area contributed by atoms with Crippen molar-refractivity contribution in [2.75, 3.05) is 0 Å². The first kappa shape index (κ1) is 10.5. The van der Waals surface area contributed by atoms with Crippen molar-refractivity contribution < 1.29 is 27.5 Å². The summed E-state index contributed by atoms with van der Waals surface area (Å²) in [6, 6.07) is 1.69. The Bertz CT molecular complexity index is 370.